The highest BCUT2D eigenvalue weighted by molar-refractivity contribution is 7.97. The first kappa shape index (κ1) is 40.7. The largest absolute Gasteiger partial charge is 0.505 e. The molecule has 0 aliphatic heterocycles. The Kier molecular flexibility index (Phi) is 10.9. The van der Waals surface area contributed by atoms with Crippen LogP contribution >= 0.6 is 0 Å². The Bertz CT molecular complexity index is 2500. The molecule has 0 aromatic rings. The standard InChI is InChI=1S/C33H22N8O15S2/c42-25-7-3-19(40(47)48)13-23(25)36-38-29-27(57(51,52)53)11-15-9-17(1-5-21(15)31(29)44)34-33(46)35-18-2-6-22-16(10-18)12-28(58(54,55)56)30(32(22)45)39-37-24-14-20(41(49)50)4-8-26(24)43/h1-14,47-50H,(H4-2,34,35,44,45,46,51,52,53,54,55,56)/p+2. The van der Waals surface area contributed by atoms with Gasteiger partial charge in [-0.05, 0) is 92.5 Å². The van der Waals surface area contributed by atoms with Gasteiger partial charge in [0, 0.05) is 23.3 Å². The van der Waals surface area contributed by atoms with Crippen molar-refractivity contribution in [2.75, 3.05) is 0 Å². The van der Waals surface area contributed by atoms with Gasteiger partial charge in [-0.15, -0.1) is 30.9 Å². The van der Waals surface area contributed by atoms with E-state index in [4.69, 9.17) is 0 Å². The lowest BCUT2D eigenvalue weighted by atomic mass is 9.91. The molecule has 6 aliphatic rings. The Hall–Kier alpha value is -6.91. The number of urea groups is 1. The van der Waals surface area contributed by atoms with Gasteiger partial charge < -0.3 is 10.2 Å². The van der Waals surface area contributed by atoms with Gasteiger partial charge in [-0.2, -0.15) is 28.2 Å². The van der Waals surface area contributed by atoms with Crippen LogP contribution in [-0.4, -0.2) is 112 Å². The van der Waals surface area contributed by atoms with Crippen molar-refractivity contribution in [3.63, 3.8) is 0 Å². The molecule has 0 fully saturated rings. The maximum Gasteiger partial charge on any atom is 0.388 e. The third-order valence-electron chi connectivity index (χ3n) is 7.95. The van der Waals surface area contributed by atoms with Crippen LogP contribution in [0.1, 0.15) is 0 Å². The molecule has 0 atom stereocenters. The van der Waals surface area contributed by atoms with Crippen molar-refractivity contribution in [1.82, 2.24) is 10.5 Å². The van der Waals surface area contributed by atoms with Crippen LogP contribution in [-0.2, 0) is 39.0 Å². The monoisotopic (exact) mass is 836 g/mol. The SMILES string of the molecule is O=C(N=C1C=CC2=C(O)C(=NN=C3C=C(N(O)O)C=CC3=O)C([S+](=O)(O)O)=CC2=C1)N=C1C=CC2=C(O)C(=NN=C3C=C(N(O)O)C=CC3=O)C([S+](=O)(O)O)=CC2=C1. The molecule has 25 heteroatoms. The predicted octanol–water partition coefficient (Wildman–Crippen LogP) is 3.09. The van der Waals surface area contributed by atoms with Crippen LogP contribution in [0.5, 0.6) is 0 Å². The smallest absolute Gasteiger partial charge is 0.388 e. The minimum absolute atomic E-state index is 0.0414. The van der Waals surface area contributed by atoms with Gasteiger partial charge in [-0.3, -0.25) is 30.4 Å². The van der Waals surface area contributed by atoms with Crippen LogP contribution in [0.25, 0.3) is 0 Å². The average molecular weight is 837 g/mol. The predicted molar refractivity (Wildman–Crippen MR) is 202 cm³/mol. The topological polar surface area (TPSA) is 368 Å². The van der Waals surface area contributed by atoms with Crippen LogP contribution in [0.3, 0.4) is 0 Å². The molecule has 0 aromatic heterocycles. The van der Waals surface area contributed by atoms with Crippen LogP contribution in [0, 0.1) is 0 Å². The van der Waals surface area contributed by atoms with Gasteiger partial charge in [0.1, 0.15) is 11.4 Å². The van der Waals surface area contributed by atoms with Gasteiger partial charge in [-0.25, -0.2) is 4.79 Å². The summed E-state index contributed by atoms with van der Waals surface area (Å²) in [6.07, 6.45) is 14.9. The van der Waals surface area contributed by atoms with Crippen molar-refractivity contribution in [2.45, 2.75) is 0 Å². The number of carbonyl (C=O) groups is 3. The Morgan fingerprint density at radius 1 is 0.517 bits per heavy atom. The highest BCUT2D eigenvalue weighted by Gasteiger charge is 2.42. The van der Waals surface area contributed by atoms with Gasteiger partial charge in [0.25, 0.3) is 9.81 Å². The van der Waals surface area contributed by atoms with Crippen molar-refractivity contribution >= 4 is 72.9 Å². The minimum atomic E-state index is -4.87. The molecule has 0 heterocycles. The number of ketones is 2. The van der Waals surface area contributed by atoms with Crippen molar-refractivity contribution in [3.05, 3.63) is 140 Å². The van der Waals surface area contributed by atoms with E-state index in [-0.39, 0.29) is 55.6 Å². The molecule has 10 N–H and O–H groups in total. The van der Waals surface area contributed by atoms with E-state index in [9.17, 15) is 72.1 Å². The number of fused-ring (bicyclic) bond motifs is 2. The molecule has 6 rings (SSSR count). The fourth-order valence-corrected chi connectivity index (χ4v) is 6.63. The summed E-state index contributed by atoms with van der Waals surface area (Å²) in [5.74, 6) is -3.08. The van der Waals surface area contributed by atoms with E-state index in [0.717, 1.165) is 48.6 Å². The summed E-state index contributed by atoms with van der Waals surface area (Å²) in [6, 6.07) is -1.13. The number of hydrogen-bond acceptors (Lipinski definition) is 17. The van der Waals surface area contributed by atoms with Gasteiger partial charge in [0.15, 0.2) is 22.9 Å². The highest BCUT2D eigenvalue weighted by Crippen LogP contribution is 2.34. The Balaban J connectivity index is 1.29. The van der Waals surface area contributed by atoms with Crippen molar-refractivity contribution in [2.24, 2.45) is 30.4 Å². The van der Waals surface area contributed by atoms with Crippen LogP contribution in [0.2, 0.25) is 0 Å². The van der Waals surface area contributed by atoms with Gasteiger partial charge in [0.05, 0.1) is 22.8 Å². The normalized spacial score (nSPS) is 23.7. The molecular formula is C33H24N8O15S2+2. The zero-order valence-electron chi connectivity index (χ0n) is 28.5. The summed E-state index contributed by atoms with van der Waals surface area (Å²) >= 11 is 0. The molecule has 0 saturated carbocycles. The van der Waals surface area contributed by atoms with Crippen molar-refractivity contribution in [1.29, 1.82) is 0 Å². The summed E-state index contributed by atoms with van der Waals surface area (Å²) in [5.41, 5.74) is -3.39. The van der Waals surface area contributed by atoms with Crippen molar-refractivity contribution < 1.29 is 72.1 Å². The zero-order chi connectivity index (χ0) is 42.3. The first-order valence-corrected chi connectivity index (χ1v) is 18.5. The fraction of sp³-hybridized carbons (Fsp3) is 0. The molecule has 2 amide bonds. The summed E-state index contributed by atoms with van der Waals surface area (Å²) in [4.78, 5) is 43.3. The Morgan fingerprint density at radius 2 is 0.897 bits per heavy atom. The molecule has 58 heavy (non-hydrogen) atoms. The maximum absolute atomic E-state index is 12.9. The lowest BCUT2D eigenvalue weighted by Gasteiger charge is -2.18. The van der Waals surface area contributed by atoms with E-state index in [1.165, 1.54) is 36.5 Å². The molecular weight excluding hydrogens is 813 g/mol. The van der Waals surface area contributed by atoms with E-state index in [1.807, 2.05) is 0 Å². The maximum atomic E-state index is 12.9. The molecule has 0 unspecified atom stereocenters. The quantitative estimate of drug-likeness (QED) is 0.104. The molecule has 296 valence electrons. The van der Waals surface area contributed by atoms with E-state index >= 15 is 0 Å². The molecule has 6 aliphatic carbocycles. The first-order chi connectivity index (χ1) is 27.2. The third-order valence-corrected chi connectivity index (χ3v) is 9.72. The third kappa shape index (κ3) is 8.57. The lowest BCUT2D eigenvalue weighted by molar-refractivity contribution is -0.275. The molecule has 0 spiro atoms. The number of hydroxylamine groups is 4. The van der Waals surface area contributed by atoms with Crippen LogP contribution < -0.4 is 0 Å². The average Bonchev–Trinajstić information content (AvgIpc) is 3.14. The summed E-state index contributed by atoms with van der Waals surface area (Å²) in [7, 11) is -9.75. The number of allylic oxidation sites excluding steroid dienone is 20. The molecule has 0 radical (unpaired) electrons. The Morgan fingerprint density at radius 3 is 1.24 bits per heavy atom. The van der Waals surface area contributed by atoms with E-state index in [1.54, 1.807) is 0 Å². The molecule has 23 nitrogen and oxygen atoms in total. The number of aliphatic imine (C=N–C) groups is 2. The van der Waals surface area contributed by atoms with Gasteiger partial charge in [0.2, 0.25) is 11.6 Å². The number of aliphatic hydroxyl groups is 2. The van der Waals surface area contributed by atoms with E-state index in [2.05, 4.69) is 30.4 Å². The molecule has 0 saturated heterocycles. The second-order valence-corrected chi connectivity index (χ2v) is 14.6. The number of carbonyl (C=O) groups excluding carboxylic acids is 3. The summed E-state index contributed by atoms with van der Waals surface area (Å²) in [6.45, 7) is 0. The molecule has 0 aromatic carbocycles. The van der Waals surface area contributed by atoms with E-state index < -0.39 is 82.8 Å². The Labute approximate surface area is 325 Å². The van der Waals surface area contributed by atoms with Gasteiger partial charge >= 0.3 is 27.0 Å². The number of aliphatic hydroxyl groups excluding tert-OH is 2. The van der Waals surface area contributed by atoms with Gasteiger partial charge in [-0.1, -0.05) is 0 Å². The second-order valence-electron chi connectivity index (χ2n) is 11.7. The highest BCUT2D eigenvalue weighted by atomic mass is 32.3. The lowest BCUT2D eigenvalue weighted by Crippen LogP contribution is -2.25. The van der Waals surface area contributed by atoms with Crippen molar-refractivity contribution in [3.8, 4) is 0 Å². The van der Waals surface area contributed by atoms with Crippen LogP contribution in [0.4, 0.5) is 4.79 Å². The molecule has 0 bridgehead atoms. The summed E-state index contributed by atoms with van der Waals surface area (Å²) in [5, 5.41) is 72.8. The first-order valence-electron chi connectivity index (χ1n) is 15.6. The summed E-state index contributed by atoms with van der Waals surface area (Å²) < 4.78 is 64.9. The number of nitrogens with zero attached hydrogens (tertiary/aromatic N) is 8. The number of amides is 2. The second kappa shape index (κ2) is 15.6. The number of rotatable bonds is 6. The minimum Gasteiger partial charge on any atom is -0.505 e. The zero-order valence-corrected chi connectivity index (χ0v) is 30.1. The van der Waals surface area contributed by atoms with Crippen LogP contribution in [0.15, 0.2) is 170 Å². The van der Waals surface area contributed by atoms with E-state index in [0.29, 0.717) is 0 Å². The fourth-order valence-electron chi connectivity index (χ4n) is 5.29. The number of hydrogen-bond donors (Lipinski definition) is 10.